The molecule has 0 aromatic carbocycles. The predicted octanol–water partition coefficient (Wildman–Crippen LogP) is 1.28. The van der Waals surface area contributed by atoms with Gasteiger partial charge in [-0.3, -0.25) is 4.79 Å². The van der Waals surface area contributed by atoms with Crippen molar-refractivity contribution < 1.29 is 9.90 Å². The molecule has 1 aliphatic carbocycles. The quantitative estimate of drug-likeness (QED) is 0.825. The first-order valence-corrected chi connectivity index (χ1v) is 5.92. The summed E-state index contributed by atoms with van der Waals surface area (Å²) in [5.41, 5.74) is 0.711. The van der Waals surface area contributed by atoms with Gasteiger partial charge in [0.05, 0.1) is 12.1 Å². The molecule has 4 heteroatoms. The largest absolute Gasteiger partial charge is 0.394 e. The number of pyridine rings is 1. The van der Waals surface area contributed by atoms with Crippen molar-refractivity contribution in [2.24, 2.45) is 5.92 Å². The topological polar surface area (TPSA) is 62.2 Å². The third-order valence-electron chi connectivity index (χ3n) is 3.33. The summed E-state index contributed by atoms with van der Waals surface area (Å²) >= 11 is 0. The van der Waals surface area contributed by atoms with E-state index in [1.165, 1.54) is 0 Å². The zero-order chi connectivity index (χ0) is 12.5. The highest BCUT2D eigenvalue weighted by Crippen LogP contribution is 2.39. The Hall–Kier alpha value is -1.42. The molecule has 1 fully saturated rings. The van der Waals surface area contributed by atoms with E-state index in [1.54, 1.807) is 6.07 Å². The van der Waals surface area contributed by atoms with Crippen LogP contribution in [0.1, 0.15) is 35.9 Å². The average molecular weight is 234 g/mol. The third-order valence-corrected chi connectivity index (χ3v) is 3.33. The van der Waals surface area contributed by atoms with Crippen molar-refractivity contribution in [3.63, 3.8) is 0 Å². The molecule has 2 rings (SSSR count). The van der Waals surface area contributed by atoms with Crippen LogP contribution in [0.15, 0.2) is 18.2 Å². The molecular weight excluding hydrogens is 216 g/mol. The van der Waals surface area contributed by atoms with Crippen LogP contribution in [0.3, 0.4) is 0 Å². The Morgan fingerprint density at radius 3 is 2.82 bits per heavy atom. The van der Waals surface area contributed by atoms with Gasteiger partial charge in [0.25, 0.3) is 5.91 Å². The summed E-state index contributed by atoms with van der Waals surface area (Å²) in [4.78, 5) is 16.2. The van der Waals surface area contributed by atoms with E-state index < -0.39 is 5.54 Å². The Balaban J connectivity index is 2.10. The second-order valence-electron chi connectivity index (χ2n) is 4.97. The molecule has 4 nitrogen and oxygen atoms in total. The molecule has 0 bridgehead atoms. The van der Waals surface area contributed by atoms with Crippen LogP contribution in [0.5, 0.6) is 0 Å². The van der Waals surface area contributed by atoms with Gasteiger partial charge < -0.3 is 10.4 Å². The van der Waals surface area contributed by atoms with Crippen LogP contribution in [0.2, 0.25) is 0 Å². The molecule has 1 aromatic rings. The van der Waals surface area contributed by atoms with Crippen molar-refractivity contribution in [2.75, 3.05) is 6.61 Å². The van der Waals surface area contributed by atoms with Crippen LogP contribution in [-0.2, 0) is 0 Å². The van der Waals surface area contributed by atoms with Crippen molar-refractivity contribution >= 4 is 5.91 Å². The Morgan fingerprint density at radius 2 is 2.29 bits per heavy atom. The number of carbonyl (C=O) groups excluding carboxylic acids is 1. The molecule has 92 valence electrons. The standard InChI is InChI=1S/C13H18N2O2/c1-9-4-3-5-11(14-9)12(17)15-13(2,8-16)10-6-7-10/h3-5,10,16H,6-8H2,1-2H3,(H,15,17). The lowest BCUT2D eigenvalue weighted by atomic mass is 9.97. The normalized spacial score (nSPS) is 18.5. The van der Waals surface area contributed by atoms with Gasteiger partial charge in [-0.2, -0.15) is 0 Å². The Kier molecular flexibility index (Phi) is 3.15. The third kappa shape index (κ3) is 2.64. The molecule has 0 radical (unpaired) electrons. The number of hydrogen-bond donors (Lipinski definition) is 2. The van der Waals surface area contributed by atoms with Gasteiger partial charge in [-0.05, 0) is 44.7 Å². The fraction of sp³-hybridized carbons (Fsp3) is 0.538. The number of amides is 1. The molecule has 0 aliphatic heterocycles. The van der Waals surface area contributed by atoms with E-state index in [-0.39, 0.29) is 12.5 Å². The molecule has 2 N–H and O–H groups in total. The summed E-state index contributed by atoms with van der Waals surface area (Å²) in [6.07, 6.45) is 2.14. The van der Waals surface area contributed by atoms with Gasteiger partial charge >= 0.3 is 0 Å². The minimum absolute atomic E-state index is 0.0325. The molecule has 0 spiro atoms. The predicted molar refractivity (Wildman–Crippen MR) is 64.7 cm³/mol. The van der Waals surface area contributed by atoms with Crippen LogP contribution < -0.4 is 5.32 Å². The monoisotopic (exact) mass is 234 g/mol. The first-order valence-electron chi connectivity index (χ1n) is 5.92. The molecule has 1 atom stereocenters. The molecule has 17 heavy (non-hydrogen) atoms. The Labute approximate surface area is 101 Å². The van der Waals surface area contributed by atoms with Crippen molar-refractivity contribution in [3.05, 3.63) is 29.6 Å². The number of hydrogen-bond acceptors (Lipinski definition) is 3. The lowest BCUT2D eigenvalue weighted by Crippen LogP contribution is -2.50. The van der Waals surface area contributed by atoms with Crippen molar-refractivity contribution in [3.8, 4) is 0 Å². The van der Waals surface area contributed by atoms with E-state index in [0.29, 0.717) is 11.6 Å². The van der Waals surface area contributed by atoms with Gasteiger partial charge in [0.2, 0.25) is 0 Å². The molecule has 1 aliphatic rings. The van der Waals surface area contributed by atoms with E-state index in [4.69, 9.17) is 0 Å². The molecule has 1 unspecified atom stereocenters. The Morgan fingerprint density at radius 1 is 1.59 bits per heavy atom. The number of aryl methyl sites for hydroxylation is 1. The number of nitrogens with zero attached hydrogens (tertiary/aromatic N) is 1. The van der Waals surface area contributed by atoms with E-state index in [0.717, 1.165) is 18.5 Å². The lowest BCUT2D eigenvalue weighted by molar-refractivity contribution is 0.0819. The van der Waals surface area contributed by atoms with Gasteiger partial charge in [-0.25, -0.2) is 4.98 Å². The second kappa shape index (κ2) is 4.45. The van der Waals surface area contributed by atoms with Gasteiger partial charge in [0, 0.05) is 5.69 Å². The highest BCUT2D eigenvalue weighted by Gasteiger charge is 2.42. The SMILES string of the molecule is Cc1cccc(C(=O)NC(C)(CO)C2CC2)n1. The molecule has 1 saturated carbocycles. The van der Waals surface area contributed by atoms with Crippen LogP contribution in [0, 0.1) is 12.8 Å². The summed E-state index contributed by atoms with van der Waals surface area (Å²) in [7, 11) is 0. The number of carbonyl (C=O) groups is 1. The average Bonchev–Trinajstić information content (AvgIpc) is 3.13. The van der Waals surface area contributed by atoms with Gasteiger partial charge in [0.1, 0.15) is 5.69 Å². The summed E-state index contributed by atoms with van der Waals surface area (Å²) in [5, 5.41) is 12.3. The highest BCUT2D eigenvalue weighted by molar-refractivity contribution is 5.92. The minimum Gasteiger partial charge on any atom is -0.394 e. The molecule has 1 heterocycles. The van der Waals surface area contributed by atoms with Gasteiger partial charge in [0.15, 0.2) is 0 Å². The highest BCUT2D eigenvalue weighted by atomic mass is 16.3. The van der Waals surface area contributed by atoms with Gasteiger partial charge in [-0.15, -0.1) is 0 Å². The number of aliphatic hydroxyl groups excluding tert-OH is 1. The van der Waals surface area contributed by atoms with E-state index in [1.807, 2.05) is 26.0 Å². The fourth-order valence-electron chi connectivity index (χ4n) is 1.98. The van der Waals surface area contributed by atoms with Crippen LogP contribution >= 0.6 is 0 Å². The summed E-state index contributed by atoms with van der Waals surface area (Å²) in [6.45, 7) is 3.70. The number of aliphatic hydroxyl groups is 1. The zero-order valence-electron chi connectivity index (χ0n) is 10.2. The van der Waals surface area contributed by atoms with E-state index in [9.17, 15) is 9.90 Å². The minimum atomic E-state index is -0.511. The maximum Gasteiger partial charge on any atom is 0.270 e. The Bertz CT molecular complexity index is 429. The van der Waals surface area contributed by atoms with Crippen LogP contribution in [0.4, 0.5) is 0 Å². The van der Waals surface area contributed by atoms with Crippen LogP contribution in [-0.4, -0.2) is 28.1 Å². The van der Waals surface area contributed by atoms with Crippen molar-refractivity contribution in [1.82, 2.24) is 10.3 Å². The van der Waals surface area contributed by atoms with E-state index >= 15 is 0 Å². The smallest absolute Gasteiger partial charge is 0.270 e. The maximum atomic E-state index is 12.0. The summed E-state index contributed by atoms with van der Waals surface area (Å²) < 4.78 is 0. The molecular formula is C13H18N2O2. The van der Waals surface area contributed by atoms with Crippen molar-refractivity contribution in [2.45, 2.75) is 32.2 Å². The summed E-state index contributed by atoms with van der Waals surface area (Å²) in [6, 6.07) is 5.35. The molecule has 1 amide bonds. The first-order chi connectivity index (χ1) is 8.05. The zero-order valence-corrected chi connectivity index (χ0v) is 10.2. The molecule has 0 saturated heterocycles. The second-order valence-corrected chi connectivity index (χ2v) is 4.97. The van der Waals surface area contributed by atoms with Crippen LogP contribution in [0.25, 0.3) is 0 Å². The van der Waals surface area contributed by atoms with Crippen molar-refractivity contribution in [1.29, 1.82) is 0 Å². The number of nitrogens with one attached hydrogen (secondary N) is 1. The summed E-state index contributed by atoms with van der Waals surface area (Å²) in [5.74, 6) is 0.179. The number of rotatable bonds is 4. The molecule has 1 aromatic heterocycles. The fourth-order valence-corrected chi connectivity index (χ4v) is 1.98. The number of aromatic nitrogens is 1. The maximum absolute atomic E-state index is 12.0. The van der Waals surface area contributed by atoms with E-state index in [2.05, 4.69) is 10.3 Å². The van der Waals surface area contributed by atoms with Gasteiger partial charge in [-0.1, -0.05) is 6.07 Å². The first kappa shape index (κ1) is 12.0. The lowest BCUT2D eigenvalue weighted by Gasteiger charge is -2.28.